The molecule has 1 saturated heterocycles. The van der Waals surface area contributed by atoms with Crippen molar-refractivity contribution < 1.29 is 0 Å². The first-order valence-electron chi connectivity index (χ1n) is 6.01. The van der Waals surface area contributed by atoms with E-state index in [2.05, 4.69) is 21.8 Å². The number of anilines is 1. The lowest BCUT2D eigenvalue weighted by Gasteiger charge is -2.32. The Labute approximate surface area is 96.9 Å². The van der Waals surface area contributed by atoms with Crippen molar-refractivity contribution in [1.82, 2.24) is 14.9 Å². The Kier molecular flexibility index (Phi) is 3.39. The molecular formula is C12H20N4. The van der Waals surface area contributed by atoms with Crippen molar-refractivity contribution in [3.8, 4) is 0 Å². The van der Waals surface area contributed by atoms with E-state index in [9.17, 15) is 0 Å². The van der Waals surface area contributed by atoms with E-state index in [1.54, 1.807) is 0 Å². The van der Waals surface area contributed by atoms with Crippen LogP contribution in [0.2, 0.25) is 0 Å². The highest BCUT2D eigenvalue weighted by molar-refractivity contribution is 5.26. The van der Waals surface area contributed by atoms with Crippen LogP contribution in [0, 0.1) is 6.92 Å². The van der Waals surface area contributed by atoms with Crippen molar-refractivity contribution in [2.24, 2.45) is 0 Å². The van der Waals surface area contributed by atoms with Gasteiger partial charge in [0.15, 0.2) is 0 Å². The van der Waals surface area contributed by atoms with Gasteiger partial charge in [0, 0.05) is 23.5 Å². The van der Waals surface area contributed by atoms with E-state index in [0.717, 1.165) is 5.69 Å². The quantitative estimate of drug-likeness (QED) is 0.827. The normalized spacial score (nSPS) is 19.6. The second-order valence-electron chi connectivity index (χ2n) is 4.54. The van der Waals surface area contributed by atoms with Gasteiger partial charge in [-0.1, -0.05) is 6.42 Å². The van der Waals surface area contributed by atoms with Crippen LogP contribution in [-0.2, 0) is 0 Å². The second-order valence-corrected chi connectivity index (χ2v) is 4.54. The van der Waals surface area contributed by atoms with Gasteiger partial charge in [0.25, 0.3) is 0 Å². The Balaban J connectivity index is 2.15. The number of nitrogen functional groups attached to an aromatic ring is 1. The van der Waals surface area contributed by atoms with Gasteiger partial charge in [-0.25, -0.2) is 9.97 Å². The zero-order valence-electron chi connectivity index (χ0n) is 10.1. The highest BCUT2D eigenvalue weighted by Crippen LogP contribution is 2.25. The van der Waals surface area contributed by atoms with E-state index < -0.39 is 0 Å². The average Bonchev–Trinajstić information content (AvgIpc) is 2.29. The van der Waals surface area contributed by atoms with Gasteiger partial charge in [0.05, 0.1) is 0 Å². The van der Waals surface area contributed by atoms with E-state index in [1.165, 1.54) is 37.9 Å². The van der Waals surface area contributed by atoms with Crippen LogP contribution in [-0.4, -0.2) is 28.0 Å². The first-order valence-corrected chi connectivity index (χ1v) is 6.01. The van der Waals surface area contributed by atoms with Crippen molar-refractivity contribution in [3.63, 3.8) is 0 Å². The third-order valence-corrected chi connectivity index (χ3v) is 3.42. The Morgan fingerprint density at radius 3 is 2.62 bits per heavy atom. The molecule has 0 aromatic carbocycles. The topological polar surface area (TPSA) is 55.0 Å². The third-order valence-electron chi connectivity index (χ3n) is 3.42. The predicted molar refractivity (Wildman–Crippen MR) is 65.0 cm³/mol. The van der Waals surface area contributed by atoms with Gasteiger partial charge >= 0.3 is 0 Å². The smallest absolute Gasteiger partial charge is 0.220 e. The predicted octanol–water partition coefficient (Wildman–Crippen LogP) is 1.91. The minimum atomic E-state index is 0.368. The number of nitrogens with zero attached hydrogens (tertiary/aromatic N) is 3. The number of rotatable bonds is 2. The van der Waals surface area contributed by atoms with Crippen LogP contribution in [0.5, 0.6) is 0 Å². The minimum Gasteiger partial charge on any atom is -0.368 e. The number of piperidine rings is 1. The van der Waals surface area contributed by atoms with E-state index in [-0.39, 0.29) is 0 Å². The van der Waals surface area contributed by atoms with Gasteiger partial charge in [0.2, 0.25) is 5.95 Å². The Bertz CT molecular complexity index is 358. The number of aromatic nitrogens is 2. The number of hydrogen-bond donors (Lipinski definition) is 1. The summed E-state index contributed by atoms with van der Waals surface area (Å²) in [4.78, 5) is 10.8. The standard InChI is InChI=1S/C12H20N4/c1-9-11(8-14-12(13)15-9)10(2)16-6-4-3-5-7-16/h8,10H,3-7H2,1-2H3,(H2,13,14,15)/t10-/m1/s1. The molecule has 0 aliphatic carbocycles. The van der Waals surface area contributed by atoms with Crippen LogP contribution >= 0.6 is 0 Å². The van der Waals surface area contributed by atoms with Gasteiger partial charge in [0.1, 0.15) is 0 Å². The molecule has 4 heteroatoms. The maximum absolute atomic E-state index is 5.57. The van der Waals surface area contributed by atoms with Crippen LogP contribution in [0.15, 0.2) is 6.20 Å². The van der Waals surface area contributed by atoms with Gasteiger partial charge in [-0.15, -0.1) is 0 Å². The summed E-state index contributed by atoms with van der Waals surface area (Å²) in [5, 5.41) is 0. The van der Waals surface area contributed by atoms with E-state index in [0.29, 0.717) is 12.0 Å². The van der Waals surface area contributed by atoms with Crippen molar-refractivity contribution in [1.29, 1.82) is 0 Å². The van der Waals surface area contributed by atoms with Crippen LogP contribution in [0.4, 0.5) is 5.95 Å². The molecule has 1 aliphatic heterocycles. The van der Waals surface area contributed by atoms with Crippen molar-refractivity contribution >= 4 is 5.95 Å². The zero-order valence-corrected chi connectivity index (χ0v) is 10.1. The van der Waals surface area contributed by atoms with Gasteiger partial charge in [-0.05, 0) is 39.8 Å². The molecule has 2 heterocycles. The van der Waals surface area contributed by atoms with Gasteiger partial charge in [-0.2, -0.15) is 0 Å². The maximum Gasteiger partial charge on any atom is 0.220 e. The maximum atomic E-state index is 5.57. The van der Waals surface area contributed by atoms with Crippen molar-refractivity contribution in [2.75, 3.05) is 18.8 Å². The molecule has 16 heavy (non-hydrogen) atoms. The van der Waals surface area contributed by atoms with Crippen LogP contribution < -0.4 is 5.73 Å². The van der Waals surface area contributed by atoms with Crippen molar-refractivity contribution in [3.05, 3.63) is 17.5 Å². The molecule has 1 aliphatic rings. The van der Waals surface area contributed by atoms with Crippen LogP contribution in [0.3, 0.4) is 0 Å². The molecule has 1 fully saturated rings. The summed E-state index contributed by atoms with van der Waals surface area (Å²) in [5.41, 5.74) is 7.78. The molecular weight excluding hydrogens is 200 g/mol. The summed E-state index contributed by atoms with van der Waals surface area (Å²) >= 11 is 0. The van der Waals surface area contributed by atoms with Gasteiger partial charge in [-0.3, -0.25) is 4.90 Å². The number of aryl methyl sites for hydroxylation is 1. The molecule has 1 atom stereocenters. The number of nitrogens with two attached hydrogens (primary N) is 1. The fourth-order valence-corrected chi connectivity index (χ4v) is 2.41. The number of hydrogen-bond acceptors (Lipinski definition) is 4. The molecule has 0 bridgehead atoms. The summed E-state index contributed by atoms with van der Waals surface area (Å²) < 4.78 is 0. The lowest BCUT2D eigenvalue weighted by Crippen LogP contribution is -2.32. The minimum absolute atomic E-state index is 0.368. The Morgan fingerprint density at radius 2 is 2.00 bits per heavy atom. The summed E-state index contributed by atoms with van der Waals surface area (Å²) in [6.45, 7) is 6.61. The molecule has 1 aromatic rings. The molecule has 88 valence electrons. The molecule has 2 rings (SSSR count). The summed E-state index contributed by atoms with van der Waals surface area (Å²) in [7, 11) is 0. The molecule has 1 aromatic heterocycles. The molecule has 2 N–H and O–H groups in total. The molecule has 0 unspecified atom stereocenters. The summed E-state index contributed by atoms with van der Waals surface area (Å²) in [6, 6.07) is 0.404. The molecule has 0 radical (unpaired) electrons. The lowest BCUT2D eigenvalue weighted by atomic mass is 10.0. The molecule has 4 nitrogen and oxygen atoms in total. The monoisotopic (exact) mass is 220 g/mol. The van der Waals surface area contributed by atoms with Crippen LogP contribution in [0.1, 0.15) is 43.5 Å². The van der Waals surface area contributed by atoms with E-state index >= 15 is 0 Å². The van der Waals surface area contributed by atoms with E-state index in [4.69, 9.17) is 5.73 Å². The highest BCUT2D eigenvalue weighted by atomic mass is 15.2. The average molecular weight is 220 g/mol. The fourth-order valence-electron chi connectivity index (χ4n) is 2.41. The molecule has 0 saturated carbocycles. The lowest BCUT2D eigenvalue weighted by molar-refractivity contribution is 0.174. The highest BCUT2D eigenvalue weighted by Gasteiger charge is 2.20. The van der Waals surface area contributed by atoms with Gasteiger partial charge < -0.3 is 5.73 Å². The fraction of sp³-hybridized carbons (Fsp3) is 0.667. The second kappa shape index (κ2) is 4.78. The first kappa shape index (κ1) is 11.3. The van der Waals surface area contributed by atoms with Crippen LogP contribution in [0.25, 0.3) is 0 Å². The summed E-state index contributed by atoms with van der Waals surface area (Å²) in [6.07, 6.45) is 5.84. The molecule has 0 amide bonds. The summed E-state index contributed by atoms with van der Waals surface area (Å²) in [5.74, 6) is 0.368. The van der Waals surface area contributed by atoms with Crippen molar-refractivity contribution in [2.45, 2.75) is 39.2 Å². The Hall–Kier alpha value is -1.16. The first-order chi connectivity index (χ1) is 7.68. The largest absolute Gasteiger partial charge is 0.368 e. The number of likely N-dealkylation sites (tertiary alicyclic amines) is 1. The zero-order chi connectivity index (χ0) is 11.5. The third kappa shape index (κ3) is 2.32. The Morgan fingerprint density at radius 1 is 1.31 bits per heavy atom. The SMILES string of the molecule is Cc1nc(N)ncc1[C@@H](C)N1CCCCC1. The molecule has 0 spiro atoms. The van der Waals surface area contributed by atoms with E-state index in [1.807, 2.05) is 13.1 Å².